The molecular weight excluding hydrogens is 332 g/mol. The number of hydrogen-bond donors (Lipinski definition) is 1. The van der Waals surface area contributed by atoms with Gasteiger partial charge in [-0.05, 0) is 24.6 Å². The number of methoxy groups -OCH3 is 3. The Hall–Kier alpha value is -3.28. The molecule has 1 aliphatic heterocycles. The summed E-state index contributed by atoms with van der Waals surface area (Å²) in [6.07, 6.45) is 1.67. The van der Waals surface area contributed by atoms with E-state index in [2.05, 4.69) is 10.3 Å². The summed E-state index contributed by atoms with van der Waals surface area (Å²) in [5.74, 6) is 1.93. The third kappa shape index (κ3) is 3.26. The fourth-order valence-electron chi connectivity index (χ4n) is 2.75. The van der Waals surface area contributed by atoms with Crippen LogP contribution in [-0.2, 0) is 4.79 Å². The molecule has 0 saturated carbocycles. The molecule has 0 fully saturated rings. The monoisotopic (exact) mass is 352 g/mol. The highest BCUT2D eigenvalue weighted by atomic mass is 16.5. The van der Waals surface area contributed by atoms with Crippen LogP contribution in [-0.4, -0.2) is 33.1 Å². The van der Waals surface area contributed by atoms with Gasteiger partial charge >= 0.3 is 0 Å². The van der Waals surface area contributed by atoms with Crippen LogP contribution < -0.4 is 19.5 Å². The van der Waals surface area contributed by atoms with Crippen LogP contribution in [0, 0.1) is 6.92 Å². The number of nitrogens with zero attached hydrogens (tertiary/aromatic N) is 1. The second-order valence-corrected chi connectivity index (χ2v) is 5.71. The highest BCUT2D eigenvalue weighted by Crippen LogP contribution is 2.36. The second kappa shape index (κ2) is 7.31. The molecule has 3 rings (SSSR count). The van der Waals surface area contributed by atoms with Gasteiger partial charge in [0, 0.05) is 17.2 Å². The molecule has 1 N–H and O–H groups in total. The molecule has 134 valence electrons. The predicted octanol–water partition coefficient (Wildman–Crippen LogP) is 2.94. The maximum Gasteiger partial charge on any atom is 0.275 e. The minimum Gasteiger partial charge on any atom is -0.496 e. The maximum atomic E-state index is 12.4. The quantitative estimate of drug-likeness (QED) is 0.840. The normalized spacial score (nSPS) is 14.8. The number of aryl methyl sites for hydroxylation is 1. The molecule has 1 amide bonds. The number of carbonyl (C=O) groups excluding carboxylic acids is 1. The molecule has 0 spiro atoms. The number of amidine groups is 1. The Labute approximate surface area is 152 Å². The minimum absolute atomic E-state index is 0.264. The summed E-state index contributed by atoms with van der Waals surface area (Å²) >= 11 is 0. The second-order valence-electron chi connectivity index (χ2n) is 5.71. The first-order valence-electron chi connectivity index (χ1n) is 8.05. The van der Waals surface area contributed by atoms with E-state index < -0.39 is 0 Å². The first-order chi connectivity index (χ1) is 12.6. The SMILES string of the molecule is COc1cc(OC)c(OC)cc1/C=C1\N=C(c2ccccc2C)NC1=O. The third-order valence-corrected chi connectivity index (χ3v) is 4.13. The fourth-order valence-corrected chi connectivity index (χ4v) is 2.75. The molecule has 0 unspecified atom stereocenters. The summed E-state index contributed by atoms with van der Waals surface area (Å²) in [6.45, 7) is 1.98. The van der Waals surface area contributed by atoms with E-state index in [0.717, 1.165) is 11.1 Å². The number of benzene rings is 2. The molecule has 0 radical (unpaired) electrons. The van der Waals surface area contributed by atoms with Crippen LogP contribution in [0.2, 0.25) is 0 Å². The molecule has 2 aromatic rings. The molecule has 6 heteroatoms. The summed E-state index contributed by atoms with van der Waals surface area (Å²) in [4.78, 5) is 16.8. The molecule has 0 bridgehead atoms. The highest BCUT2D eigenvalue weighted by Gasteiger charge is 2.23. The predicted molar refractivity (Wildman–Crippen MR) is 99.9 cm³/mol. The minimum atomic E-state index is -0.264. The number of carbonyl (C=O) groups is 1. The Morgan fingerprint density at radius 2 is 1.62 bits per heavy atom. The standard InChI is InChI=1S/C20H20N2O4/c1-12-7-5-6-8-14(12)19-21-15(20(23)22-19)9-13-10-17(25-3)18(26-4)11-16(13)24-2/h5-11H,1-4H3,(H,21,22,23)/b15-9-. The Morgan fingerprint density at radius 1 is 0.962 bits per heavy atom. The average Bonchev–Trinajstić information content (AvgIpc) is 3.01. The van der Waals surface area contributed by atoms with E-state index >= 15 is 0 Å². The maximum absolute atomic E-state index is 12.4. The van der Waals surface area contributed by atoms with Crippen LogP contribution in [0.25, 0.3) is 6.08 Å². The molecule has 26 heavy (non-hydrogen) atoms. The van der Waals surface area contributed by atoms with Gasteiger partial charge < -0.3 is 19.5 Å². The smallest absolute Gasteiger partial charge is 0.275 e. The van der Waals surface area contributed by atoms with Crippen LogP contribution in [0.1, 0.15) is 16.7 Å². The molecule has 0 aromatic heterocycles. The van der Waals surface area contributed by atoms with Crippen molar-refractivity contribution in [2.45, 2.75) is 6.92 Å². The first-order valence-corrected chi connectivity index (χ1v) is 8.05. The van der Waals surface area contributed by atoms with Gasteiger partial charge in [-0.2, -0.15) is 0 Å². The van der Waals surface area contributed by atoms with Gasteiger partial charge in [-0.1, -0.05) is 24.3 Å². The molecule has 1 aliphatic rings. The van der Waals surface area contributed by atoms with Gasteiger partial charge in [-0.15, -0.1) is 0 Å². The van der Waals surface area contributed by atoms with Crippen molar-refractivity contribution in [3.05, 3.63) is 58.8 Å². The first kappa shape index (κ1) is 17.5. The van der Waals surface area contributed by atoms with Crippen molar-refractivity contribution in [1.29, 1.82) is 0 Å². The van der Waals surface area contributed by atoms with Gasteiger partial charge in [0.2, 0.25) is 0 Å². The Balaban J connectivity index is 2.04. The third-order valence-electron chi connectivity index (χ3n) is 4.13. The average molecular weight is 352 g/mol. The molecule has 1 heterocycles. The Kier molecular flexibility index (Phi) is 4.93. The molecule has 0 atom stereocenters. The topological polar surface area (TPSA) is 69.2 Å². The number of ether oxygens (including phenoxy) is 3. The fraction of sp³-hybridized carbons (Fsp3) is 0.200. The van der Waals surface area contributed by atoms with Crippen molar-refractivity contribution in [3.63, 3.8) is 0 Å². The summed E-state index contributed by atoms with van der Waals surface area (Å²) in [7, 11) is 4.66. The summed E-state index contributed by atoms with van der Waals surface area (Å²) < 4.78 is 16.0. The van der Waals surface area contributed by atoms with Crippen molar-refractivity contribution in [2.75, 3.05) is 21.3 Å². The van der Waals surface area contributed by atoms with Crippen LogP contribution in [0.15, 0.2) is 47.1 Å². The lowest BCUT2D eigenvalue weighted by atomic mass is 10.1. The highest BCUT2D eigenvalue weighted by molar-refractivity contribution is 6.20. The Morgan fingerprint density at radius 3 is 2.27 bits per heavy atom. The van der Waals surface area contributed by atoms with E-state index in [1.807, 2.05) is 31.2 Å². The summed E-state index contributed by atoms with van der Waals surface area (Å²) in [5, 5.41) is 2.82. The van der Waals surface area contributed by atoms with Gasteiger partial charge in [0.15, 0.2) is 11.5 Å². The van der Waals surface area contributed by atoms with Crippen molar-refractivity contribution in [2.24, 2.45) is 4.99 Å². The molecule has 2 aromatic carbocycles. The molecule has 0 saturated heterocycles. The number of nitrogens with one attached hydrogen (secondary N) is 1. The van der Waals surface area contributed by atoms with Crippen LogP contribution in [0.5, 0.6) is 17.2 Å². The zero-order chi connectivity index (χ0) is 18.7. The zero-order valence-electron chi connectivity index (χ0n) is 15.1. The van der Waals surface area contributed by atoms with E-state index in [9.17, 15) is 4.79 Å². The van der Waals surface area contributed by atoms with Gasteiger partial charge in [-0.25, -0.2) is 4.99 Å². The lowest BCUT2D eigenvalue weighted by molar-refractivity contribution is -0.115. The number of rotatable bonds is 5. The van der Waals surface area contributed by atoms with Crippen molar-refractivity contribution in [3.8, 4) is 17.2 Å². The number of amides is 1. The van der Waals surface area contributed by atoms with Crippen LogP contribution >= 0.6 is 0 Å². The van der Waals surface area contributed by atoms with E-state index in [-0.39, 0.29) is 5.91 Å². The number of aliphatic imine (C=N–C) groups is 1. The van der Waals surface area contributed by atoms with Gasteiger partial charge in [0.05, 0.1) is 21.3 Å². The van der Waals surface area contributed by atoms with Gasteiger partial charge in [-0.3, -0.25) is 4.79 Å². The molecule has 0 aliphatic carbocycles. The van der Waals surface area contributed by atoms with E-state index in [0.29, 0.717) is 34.3 Å². The largest absolute Gasteiger partial charge is 0.496 e. The van der Waals surface area contributed by atoms with Crippen molar-refractivity contribution < 1.29 is 19.0 Å². The van der Waals surface area contributed by atoms with Crippen molar-refractivity contribution >= 4 is 17.8 Å². The zero-order valence-corrected chi connectivity index (χ0v) is 15.1. The van der Waals surface area contributed by atoms with E-state index in [1.54, 1.807) is 39.5 Å². The van der Waals surface area contributed by atoms with Gasteiger partial charge in [0.1, 0.15) is 17.3 Å². The van der Waals surface area contributed by atoms with Crippen LogP contribution in [0.4, 0.5) is 0 Å². The molecular formula is C20H20N2O4. The van der Waals surface area contributed by atoms with Crippen LogP contribution in [0.3, 0.4) is 0 Å². The molecule has 6 nitrogen and oxygen atoms in total. The van der Waals surface area contributed by atoms with Gasteiger partial charge in [0.25, 0.3) is 5.91 Å². The number of hydrogen-bond acceptors (Lipinski definition) is 5. The van der Waals surface area contributed by atoms with Crippen molar-refractivity contribution in [1.82, 2.24) is 5.32 Å². The summed E-state index contributed by atoms with van der Waals surface area (Å²) in [6, 6.07) is 11.2. The van der Waals surface area contributed by atoms with E-state index in [1.165, 1.54) is 0 Å². The summed E-state index contributed by atoms with van der Waals surface area (Å²) in [5.41, 5.74) is 2.90. The van der Waals surface area contributed by atoms with E-state index in [4.69, 9.17) is 14.2 Å². The lowest BCUT2D eigenvalue weighted by Crippen LogP contribution is -2.25. The Bertz CT molecular complexity index is 916. The lowest BCUT2D eigenvalue weighted by Gasteiger charge is -2.12.